The van der Waals surface area contributed by atoms with E-state index in [1.165, 1.54) is 0 Å². The van der Waals surface area contributed by atoms with Gasteiger partial charge in [0, 0.05) is 24.4 Å². The molecule has 3 fully saturated rings. The molecule has 1 spiro atoms. The van der Waals surface area contributed by atoms with Crippen LogP contribution in [0.1, 0.15) is 45.4 Å². The van der Waals surface area contributed by atoms with Crippen molar-refractivity contribution >= 4 is 40.6 Å². The van der Waals surface area contributed by atoms with Gasteiger partial charge in [-0.05, 0) is 57.6 Å². The number of unbranched alkanes of at least 4 members (excludes halogenated alkanes) is 2. The van der Waals surface area contributed by atoms with E-state index >= 15 is 0 Å². The van der Waals surface area contributed by atoms with Gasteiger partial charge < -0.3 is 19.6 Å². The van der Waals surface area contributed by atoms with Crippen LogP contribution in [0.4, 0.5) is 0 Å². The van der Waals surface area contributed by atoms with E-state index in [0.29, 0.717) is 25.9 Å². The van der Waals surface area contributed by atoms with Gasteiger partial charge in [0.25, 0.3) is 0 Å². The lowest BCUT2D eigenvalue weighted by atomic mass is 9.66. The fourth-order valence-corrected chi connectivity index (χ4v) is 9.27. The summed E-state index contributed by atoms with van der Waals surface area (Å²) in [5.41, 5.74) is 1.52. The van der Waals surface area contributed by atoms with Crippen LogP contribution < -0.4 is 0 Å². The average Bonchev–Trinajstić information content (AvgIpc) is 3.67. The summed E-state index contributed by atoms with van der Waals surface area (Å²) >= 11 is 1.61. The van der Waals surface area contributed by atoms with E-state index in [-0.39, 0.29) is 44.1 Å². The molecule has 1 aromatic heterocycles. The van der Waals surface area contributed by atoms with Gasteiger partial charge in [0.05, 0.1) is 28.7 Å². The zero-order valence-corrected chi connectivity index (χ0v) is 24.4. The van der Waals surface area contributed by atoms with Crippen molar-refractivity contribution in [1.82, 2.24) is 24.8 Å². The maximum Gasteiger partial charge on any atom is 0.311 e. The first-order valence-corrected chi connectivity index (χ1v) is 15.2. The molecule has 2 aromatic rings. The predicted molar refractivity (Wildman–Crippen MR) is 157 cm³/mol. The number of allylic oxidation sites excluding steroid dienone is 1. The minimum atomic E-state index is -0.779. The number of para-hydroxylation sites is 1. The zero-order chi connectivity index (χ0) is 29.2. The fourth-order valence-electron chi connectivity index (χ4n) is 6.93. The lowest BCUT2D eigenvalue weighted by molar-refractivity contribution is -0.155. The van der Waals surface area contributed by atoms with Crippen LogP contribution in [0.15, 0.2) is 49.6 Å². The van der Waals surface area contributed by atoms with Gasteiger partial charge in [0.15, 0.2) is 0 Å². The second kappa shape index (κ2) is 12.0. The Labute approximate surface area is 244 Å². The minimum Gasteiger partial charge on any atom is -0.465 e. The molecule has 0 saturated carbocycles. The summed E-state index contributed by atoms with van der Waals surface area (Å²) in [4.78, 5) is 45.4. The van der Waals surface area contributed by atoms with Crippen LogP contribution in [0.2, 0.25) is 0 Å². The number of amides is 2. The number of aliphatic hydroxyl groups is 1. The first-order chi connectivity index (χ1) is 19.8. The molecular formula is C30H39N5O5S. The zero-order valence-electron chi connectivity index (χ0n) is 23.6. The molecule has 41 heavy (non-hydrogen) atoms. The largest absolute Gasteiger partial charge is 0.465 e. The van der Waals surface area contributed by atoms with Crippen LogP contribution in [-0.4, -0.2) is 89.5 Å². The number of aliphatic hydroxyl groups excluding tert-OH is 1. The van der Waals surface area contributed by atoms with Gasteiger partial charge >= 0.3 is 5.97 Å². The van der Waals surface area contributed by atoms with Gasteiger partial charge in [0.1, 0.15) is 18.2 Å². The molecule has 0 radical (unpaired) electrons. The predicted octanol–water partition coefficient (Wildman–Crippen LogP) is 3.17. The topological polar surface area (TPSA) is 118 Å². The second-order valence-electron chi connectivity index (χ2n) is 11.4. The van der Waals surface area contributed by atoms with Crippen LogP contribution in [0.3, 0.4) is 0 Å². The van der Waals surface area contributed by atoms with E-state index in [4.69, 9.17) is 4.74 Å². The van der Waals surface area contributed by atoms with Crippen molar-refractivity contribution in [3.63, 3.8) is 0 Å². The van der Waals surface area contributed by atoms with E-state index < -0.39 is 27.4 Å². The molecule has 0 aliphatic carbocycles. The summed E-state index contributed by atoms with van der Waals surface area (Å²) in [5, 5.41) is 18.1. The number of aromatic nitrogens is 3. The summed E-state index contributed by atoms with van der Waals surface area (Å²) in [6.45, 7) is 10.5. The fraction of sp³-hybridized carbons (Fsp3) is 0.567. The maximum absolute atomic E-state index is 14.5. The Morgan fingerprint density at radius 1 is 1.22 bits per heavy atom. The third-order valence-electron chi connectivity index (χ3n) is 8.75. The Morgan fingerprint density at radius 2 is 2.02 bits per heavy atom. The van der Waals surface area contributed by atoms with Gasteiger partial charge in [-0.25, -0.2) is 4.68 Å². The Kier molecular flexibility index (Phi) is 8.56. The molecule has 1 N–H and O–H groups in total. The molecule has 2 bridgehead atoms. The molecule has 3 saturated heterocycles. The summed E-state index contributed by atoms with van der Waals surface area (Å²) in [6, 6.07) is 6.76. The number of ether oxygens (including phenoxy) is 1. The number of esters is 1. The number of fused-ring (bicyclic) bond motifs is 2. The monoisotopic (exact) mass is 581 g/mol. The lowest BCUT2D eigenvalue weighted by Crippen LogP contribution is -2.55. The van der Waals surface area contributed by atoms with Crippen LogP contribution >= 0.6 is 11.8 Å². The van der Waals surface area contributed by atoms with E-state index in [2.05, 4.69) is 23.5 Å². The average molecular weight is 582 g/mol. The summed E-state index contributed by atoms with van der Waals surface area (Å²) in [7, 11) is 0. The van der Waals surface area contributed by atoms with Gasteiger partial charge in [-0.2, -0.15) is 0 Å². The van der Waals surface area contributed by atoms with Crippen molar-refractivity contribution in [2.24, 2.45) is 11.8 Å². The Morgan fingerprint density at radius 3 is 2.78 bits per heavy atom. The highest BCUT2D eigenvalue weighted by Crippen LogP contribution is 2.71. The number of carbonyl (C=O) groups excluding carboxylic acids is 3. The normalized spacial score (nSPS) is 28.2. The lowest BCUT2D eigenvalue weighted by Gasteiger charge is -2.37. The number of nitrogens with zero attached hydrogens (tertiary/aromatic N) is 5. The first kappa shape index (κ1) is 29.3. The van der Waals surface area contributed by atoms with Crippen molar-refractivity contribution in [1.29, 1.82) is 0 Å². The second-order valence-corrected chi connectivity index (χ2v) is 13.3. The van der Waals surface area contributed by atoms with Crippen LogP contribution in [0, 0.1) is 11.8 Å². The highest BCUT2D eigenvalue weighted by Gasteiger charge is 2.77. The van der Waals surface area contributed by atoms with Gasteiger partial charge in [-0.15, -0.1) is 30.0 Å². The third-order valence-corrected chi connectivity index (χ3v) is 10.7. The summed E-state index contributed by atoms with van der Waals surface area (Å²) < 4.78 is 6.15. The number of hydrogen-bond donors (Lipinski definition) is 1. The van der Waals surface area contributed by atoms with E-state index in [1.54, 1.807) is 32.3 Å². The van der Waals surface area contributed by atoms with Crippen molar-refractivity contribution < 1.29 is 24.2 Å². The van der Waals surface area contributed by atoms with Crippen molar-refractivity contribution in [2.45, 2.75) is 67.7 Å². The minimum absolute atomic E-state index is 0.106. The highest BCUT2D eigenvalue weighted by molar-refractivity contribution is 8.02. The Balaban J connectivity index is 1.45. The number of rotatable bonds is 14. The molecular weight excluding hydrogens is 542 g/mol. The van der Waals surface area contributed by atoms with Crippen LogP contribution in [0.5, 0.6) is 0 Å². The quantitative estimate of drug-likeness (QED) is 0.205. The number of benzene rings is 1. The SMILES string of the molecule is C=CCCCCOC(=O)[C@@H]1[C@H]2C(=O)N(CCCO)C(C(=O)N(CC=C)Cn3nnc4ccccc43)C23CC[C@@]1(C)S3. The number of carbonyl (C=O) groups is 3. The molecule has 10 nitrogen and oxygen atoms in total. The first-order valence-electron chi connectivity index (χ1n) is 14.4. The Bertz CT molecular complexity index is 1330. The summed E-state index contributed by atoms with van der Waals surface area (Å²) in [5.74, 6) is -2.06. The van der Waals surface area contributed by atoms with Gasteiger partial charge in [0.2, 0.25) is 11.8 Å². The van der Waals surface area contributed by atoms with E-state index in [9.17, 15) is 19.5 Å². The maximum atomic E-state index is 14.5. The molecule has 5 atom stereocenters. The molecule has 5 rings (SSSR count). The smallest absolute Gasteiger partial charge is 0.311 e. The Hall–Kier alpha value is -3.18. The molecule has 3 aliphatic heterocycles. The van der Waals surface area contributed by atoms with E-state index in [1.807, 2.05) is 37.3 Å². The van der Waals surface area contributed by atoms with Crippen LogP contribution in [-0.2, 0) is 25.8 Å². The van der Waals surface area contributed by atoms with Gasteiger partial charge in [-0.1, -0.05) is 29.5 Å². The van der Waals surface area contributed by atoms with Gasteiger partial charge in [-0.3, -0.25) is 14.4 Å². The molecule has 2 amide bonds. The molecule has 2 unspecified atom stereocenters. The highest BCUT2D eigenvalue weighted by atomic mass is 32.2. The van der Waals surface area contributed by atoms with E-state index in [0.717, 1.165) is 30.3 Å². The summed E-state index contributed by atoms with van der Waals surface area (Å²) in [6.07, 6.45) is 7.67. The standard InChI is InChI=1S/C30H39N5O5S/c1-4-6-7-10-19-40-28(39)24-23-26(37)34(17-11-18-36)25(30(23)15-14-29(24,3)41-30)27(38)33(16-5-2)20-35-22-13-9-8-12-21(22)31-32-35/h4-5,8-9,12-13,23-25,36H,1-2,6-7,10-11,14-20H2,3H3/t23-,24-,25?,29+,30?/m0/s1. The molecule has 220 valence electrons. The van der Waals surface area contributed by atoms with Crippen molar-refractivity contribution in [3.05, 3.63) is 49.6 Å². The molecule has 4 heterocycles. The molecule has 3 aliphatic rings. The number of thioether (sulfide) groups is 1. The number of hydrogen-bond acceptors (Lipinski definition) is 8. The third kappa shape index (κ3) is 5.07. The van der Waals surface area contributed by atoms with Crippen molar-refractivity contribution in [3.8, 4) is 0 Å². The molecule has 1 aromatic carbocycles. The number of likely N-dealkylation sites (tertiary alicyclic amines) is 1. The van der Waals surface area contributed by atoms with Crippen LogP contribution in [0.25, 0.3) is 11.0 Å². The van der Waals surface area contributed by atoms with Crippen molar-refractivity contribution in [2.75, 3.05) is 26.3 Å². The molecule has 11 heteroatoms.